The molecule has 2 rings (SSSR count). The van der Waals surface area contributed by atoms with Gasteiger partial charge in [-0.3, -0.25) is 9.59 Å². The number of anilines is 1. The minimum Gasteiger partial charge on any atom is -0.426 e. The number of carbonyl (C=O) groups excluding carboxylic acids is 2. The predicted molar refractivity (Wildman–Crippen MR) is 82.9 cm³/mol. The summed E-state index contributed by atoms with van der Waals surface area (Å²) in [6.07, 6.45) is 0.482. The van der Waals surface area contributed by atoms with E-state index in [1.54, 1.807) is 0 Å². The molecule has 1 fully saturated rings. The minimum atomic E-state index is -1.70. The van der Waals surface area contributed by atoms with Crippen LogP contribution in [0.2, 0.25) is 0 Å². The van der Waals surface area contributed by atoms with Crippen molar-refractivity contribution >= 4 is 24.6 Å². The second-order valence-corrected chi connectivity index (χ2v) is 5.58. The van der Waals surface area contributed by atoms with E-state index in [2.05, 4.69) is 10.6 Å². The predicted octanol–water partition coefficient (Wildman–Crippen LogP) is -0.824. The summed E-state index contributed by atoms with van der Waals surface area (Å²) >= 11 is 0. The molecule has 130 valence electrons. The molecule has 0 radical (unpaired) electrons. The third kappa shape index (κ3) is 4.21. The maximum atomic E-state index is 13.8. The SMILES string of the molecule is CC(NC(=O)CNC(=O)[C@@H]1CCN1c1ccc(F)cc1F)B(O)O. The number of rotatable bonds is 6. The average Bonchev–Trinajstić information content (AvgIpc) is 2.46. The molecular weight excluding hydrogens is 323 g/mol. The highest BCUT2D eigenvalue weighted by Gasteiger charge is 2.35. The quantitative estimate of drug-likeness (QED) is 0.507. The first kappa shape index (κ1) is 18.1. The van der Waals surface area contributed by atoms with Crippen LogP contribution in [0.1, 0.15) is 13.3 Å². The summed E-state index contributed by atoms with van der Waals surface area (Å²) in [5.74, 6) is -3.37. The van der Waals surface area contributed by atoms with Gasteiger partial charge in [0.1, 0.15) is 17.7 Å². The number of carbonyl (C=O) groups is 2. The standard InChI is InChI=1S/C14H18BF2N3O4/c1-8(15(23)24)19-13(21)7-18-14(22)12-4-5-20(12)11-3-2-9(16)6-10(11)17/h2-3,6,8,12,23-24H,4-5,7H2,1H3,(H,18,22)(H,19,21)/t8?,12-/m0/s1. The maximum Gasteiger partial charge on any atom is 0.475 e. The summed E-state index contributed by atoms with van der Waals surface area (Å²) in [5, 5.41) is 22.5. The Hall–Kier alpha value is -2.20. The first-order valence-electron chi connectivity index (χ1n) is 7.44. The van der Waals surface area contributed by atoms with Crippen LogP contribution >= 0.6 is 0 Å². The average molecular weight is 341 g/mol. The third-order valence-electron chi connectivity index (χ3n) is 3.80. The zero-order valence-corrected chi connectivity index (χ0v) is 13.0. The van der Waals surface area contributed by atoms with Crippen LogP contribution in [0.25, 0.3) is 0 Å². The van der Waals surface area contributed by atoms with E-state index in [1.165, 1.54) is 17.9 Å². The molecule has 4 N–H and O–H groups in total. The number of hydrogen-bond donors (Lipinski definition) is 4. The third-order valence-corrected chi connectivity index (χ3v) is 3.80. The van der Waals surface area contributed by atoms with Crippen LogP contribution in [-0.2, 0) is 9.59 Å². The van der Waals surface area contributed by atoms with Crippen LogP contribution < -0.4 is 15.5 Å². The van der Waals surface area contributed by atoms with Crippen LogP contribution in [0, 0.1) is 11.6 Å². The fourth-order valence-corrected chi connectivity index (χ4v) is 2.33. The molecule has 0 saturated carbocycles. The Bertz CT molecular complexity index is 632. The van der Waals surface area contributed by atoms with E-state index in [0.717, 1.165) is 12.1 Å². The highest BCUT2D eigenvalue weighted by Crippen LogP contribution is 2.29. The first-order valence-corrected chi connectivity index (χ1v) is 7.44. The molecule has 10 heteroatoms. The molecule has 0 aromatic heterocycles. The molecule has 0 spiro atoms. The van der Waals surface area contributed by atoms with E-state index >= 15 is 0 Å². The normalized spacial score (nSPS) is 17.7. The van der Waals surface area contributed by atoms with Gasteiger partial charge in [0.15, 0.2) is 0 Å². The van der Waals surface area contributed by atoms with Gasteiger partial charge in [-0.1, -0.05) is 0 Å². The van der Waals surface area contributed by atoms with E-state index in [0.29, 0.717) is 13.0 Å². The molecule has 2 atom stereocenters. The number of halogens is 2. The second-order valence-electron chi connectivity index (χ2n) is 5.58. The summed E-state index contributed by atoms with van der Waals surface area (Å²) in [5.41, 5.74) is 0.129. The molecule has 0 bridgehead atoms. The summed E-state index contributed by atoms with van der Waals surface area (Å²) in [6.45, 7) is 1.50. The van der Waals surface area contributed by atoms with Crippen LogP contribution in [0.4, 0.5) is 14.5 Å². The van der Waals surface area contributed by atoms with Crippen LogP contribution in [-0.4, -0.2) is 54.1 Å². The van der Waals surface area contributed by atoms with Gasteiger partial charge in [0.2, 0.25) is 11.8 Å². The topological polar surface area (TPSA) is 102 Å². The summed E-state index contributed by atoms with van der Waals surface area (Å²) in [7, 11) is -1.70. The van der Waals surface area contributed by atoms with Gasteiger partial charge in [-0.05, 0) is 25.5 Å². The number of nitrogens with one attached hydrogen (secondary N) is 2. The molecule has 1 aromatic rings. The minimum absolute atomic E-state index is 0.129. The van der Waals surface area contributed by atoms with E-state index in [9.17, 15) is 18.4 Å². The molecule has 24 heavy (non-hydrogen) atoms. The lowest BCUT2D eigenvalue weighted by Gasteiger charge is -2.41. The largest absolute Gasteiger partial charge is 0.475 e. The van der Waals surface area contributed by atoms with Crippen molar-refractivity contribution in [3.8, 4) is 0 Å². The molecule has 1 aliphatic heterocycles. The Morgan fingerprint density at radius 3 is 2.67 bits per heavy atom. The smallest absolute Gasteiger partial charge is 0.426 e. The van der Waals surface area contributed by atoms with E-state index in [-0.39, 0.29) is 12.2 Å². The van der Waals surface area contributed by atoms with Crippen LogP contribution in [0.3, 0.4) is 0 Å². The zero-order chi connectivity index (χ0) is 17.9. The maximum absolute atomic E-state index is 13.8. The van der Waals surface area contributed by atoms with Gasteiger partial charge >= 0.3 is 7.12 Å². The fourth-order valence-electron chi connectivity index (χ4n) is 2.33. The van der Waals surface area contributed by atoms with Crippen molar-refractivity contribution in [3.63, 3.8) is 0 Å². The highest BCUT2D eigenvalue weighted by atomic mass is 19.1. The van der Waals surface area contributed by atoms with Crippen molar-refractivity contribution in [2.45, 2.75) is 25.3 Å². The molecule has 1 unspecified atom stereocenters. The Balaban J connectivity index is 1.88. The number of nitrogens with zero attached hydrogens (tertiary/aromatic N) is 1. The van der Waals surface area contributed by atoms with Gasteiger partial charge in [0.05, 0.1) is 18.2 Å². The van der Waals surface area contributed by atoms with Crippen molar-refractivity contribution in [1.82, 2.24) is 10.6 Å². The summed E-state index contributed by atoms with van der Waals surface area (Å²) in [4.78, 5) is 25.1. The highest BCUT2D eigenvalue weighted by molar-refractivity contribution is 6.43. The lowest BCUT2D eigenvalue weighted by atomic mass is 9.81. The summed E-state index contributed by atoms with van der Waals surface area (Å²) < 4.78 is 26.7. The monoisotopic (exact) mass is 341 g/mol. The molecule has 2 amide bonds. The Kier molecular flexibility index (Phi) is 5.73. The number of hydrogen-bond acceptors (Lipinski definition) is 5. The van der Waals surface area contributed by atoms with Gasteiger partial charge in [-0.15, -0.1) is 0 Å². The lowest BCUT2D eigenvalue weighted by Crippen LogP contribution is -2.58. The van der Waals surface area contributed by atoms with Crippen molar-refractivity contribution in [3.05, 3.63) is 29.8 Å². The molecule has 7 nitrogen and oxygen atoms in total. The first-order chi connectivity index (χ1) is 11.3. The molecule has 1 heterocycles. The van der Waals surface area contributed by atoms with Gasteiger partial charge < -0.3 is 25.6 Å². The Morgan fingerprint density at radius 2 is 2.12 bits per heavy atom. The lowest BCUT2D eigenvalue weighted by molar-refractivity contribution is -0.127. The van der Waals surface area contributed by atoms with Crippen molar-refractivity contribution in [2.75, 3.05) is 18.0 Å². The van der Waals surface area contributed by atoms with Crippen molar-refractivity contribution < 1.29 is 28.4 Å². The van der Waals surface area contributed by atoms with Crippen molar-refractivity contribution in [2.24, 2.45) is 0 Å². The second kappa shape index (κ2) is 7.58. The number of benzene rings is 1. The molecular formula is C14H18BF2N3O4. The molecule has 1 aliphatic rings. The number of amides is 2. The summed E-state index contributed by atoms with van der Waals surface area (Å²) in [6, 6.07) is 2.48. The fraction of sp³-hybridized carbons (Fsp3) is 0.429. The molecule has 1 saturated heterocycles. The van der Waals surface area contributed by atoms with Crippen LogP contribution in [0.15, 0.2) is 18.2 Å². The molecule has 0 aliphatic carbocycles. The van der Waals surface area contributed by atoms with Crippen molar-refractivity contribution in [1.29, 1.82) is 0 Å². The van der Waals surface area contributed by atoms with Gasteiger partial charge in [0.25, 0.3) is 0 Å². The Labute approximate surface area is 137 Å². The molecule has 1 aromatic carbocycles. The van der Waals surface area contributed by atoms with Gasteiger partial charge in [-0.2, -0.15) is 0 Å². The van der Waals surface area contributed by atoms with Gasteiger partial charge in [-0.25, -0.2) is 8.78 Å². The Morgan fingerprint density at radius 1 is 1.42 bits per heavy atom. The van der Waals surface area contributed by atoms with E-state index in [4.69, 9.17) is 10.0 Å². The van der Waals surface area contributed by atoms with Crippen LogP contribution in [0.5, 0.6) is 0 Å². The van der Waals surface area contributed by atoms with Gasteiger partial charge in [0, 0.05) is 12.6 Å². The van der Waals surface area contributed by atoms with E-state index in [1.807, 2.05) is 0 Å². The zero-order valence-electron chi connectivity index (χ0n) is 13.0. The van der Waals surface area contributed by atoms with E-state index < -0.39 is 42.6 Å².